The van der Waals surface area contributed by atoms with Gasteiger partial charge in [-0.05, 0) is 60.6 Å². The summed E-state index contributed by atoms with van der Waals surface area (Å²) in [5, 5.41) is 12.8. The van der Waals surface area contributed by atoms with E-state index in [4.69, 9.17) is 0 Å². The molecule has 48 heavy (non-hydrogen) atoms. The average Bonchev–Trinajstić information content (AvgIpc) is 3.59. The van der Waals surface area contributed by atoms with Gasteiger partial charge in [-0.3, -0.25) is 24.5 Å². The standard InChI is InChI=1S/C34H36F4N6O4/c1-4-5-6-28(21-7-12-25(34(36,37)38)24(17-21)29(45)43-18-26-27(19-43)40-16-15-39-26)44-30(46)33(14-13-20(2)3,42-31(44)41-32(47)48)22-8-10-23(35)11-9-22/h7-12,15-17,20,28H,4-6,13-14,18-19H2,1-3H3,(H,41,42)(H,47,48)/t28?,33-/m1/s1. The minimum Gasteiger partial charge on any atom is -0.463 e. The monoisotopic (exact) mass is 668 g/mol. The van der Waals surface area contributed by atoms with E-state index in [1.54, 1.807) is 0 Å². The molecule has 0 bridgehead atoms. The number of alkyl halides is 3. The van der Waals surface area contributed by atoms with Crippen LogP contribution in [0.25, 0.3) is 0 Å². The number of carbonyl (C=O) groups is 3. The normalized spacial score (nSPS) is 19.2. The van der Waals surface area contributed by atoms with Gasteiger partial charge < -0.3 is 15.3 Å². The molecule has 14 heteroatoms. The van der Waals surface area contributed by atoms with Gasteiger partial charge in [0, 0.05) is 12.4 Å². The number of carboxylic acid groups (broad SMARTS) is 1. The first-order valence-electron chi connectivity index (χ1n) is 15.7. The fraction of sp³-hybridized carbons (Fsp3) is 0.412. The molecule has 0 radical (unpaired) electrons. The number of fused-ring (bicyclic) bond motifs is 1. The molecule has 2 aliphatic rings. The largest absolute Gasteiger partial charge is 0.463 e. The lowest BCUT2D eigenvalue weighted by molar-refractivity contribution is -0.138. The van der Waals surface area contributed by atoms with Crippen LogP contribution in [0.2, 0.25) is 0 Å². The summed E-state index contributed by atoms with van der Waals surface area (Å²) in [6.45, 7) is 5.76. The van der Waals surface area contributed by atoms with Crippen LogP contribution in [0.1, 0.15) is 97.4 Å². The van der Waals surface area contributed by atoms with Crippen LogP contribution in [0.15, 0.2) is 59.9 Å². The Bertz CT molecular complexity index is 1700. The van der Waals surface area contributed by atoms with E-state index in [0.717, 1.165) is 12.1 Å². The molecule has 2 atom stereocenters. The third-order valence-electron chi connectivity index (χ3n) is 8.71. The summed E-state index contributed by atoms with van der Waals surface area (Å²) < 4.78 is 57.0. The van der Waals surface area contributed by atoms with E-state index in [-0.39, 0.29) is 43.4 Å². The van der Waals surface area contributed by atoms with Gasteiger partial charge in [0.2, 0.25) is 5.96 Å². The highest BCUT2D eigenvalue weighted by Gasteiger charge is 2.53. The molecule has 10 nitrogen and oxygen atoms in total. The molecule has 0 saturated carbocycles. The second kappa shape index (κ2) is 13.7. The summed E-state index contributed by atoms with van der Waals surface area (Å²) in [5.41, 5.74) is -1.76. The average molecular weight is 669 g/mol. The van der Waals surface area contributed by atoms with E-state index >= 15 is 0 Å². The maximum absolute atomic E-state index is 14.7. The van der Waals surface area contributed by atoms with E-state index in [0.29, 0.717) is 36.2 Å². The van der Waals surface area contributed by atoms with Crippen molar-refractivity contribution in [2.75, 3.05) is 0 Å². The highest BCUT2D eigenvalue weighted by atomic mass is 19.4. The van der Waals surface area contributed by atoms with Gasteiger partial charge in [0.05, 0.1) is 41.6 Å². The molecule has 0 aliphatic carbocycles. The summed E-state index contributed by atoms with van der Waals surface area (Å²) in [6, 6.07) is 7.43. The van der Waals surface area contributed by atoms with Gasteiger partial charge in [-0.1, -0.05) is 51.8 Å². The Morgan fingerprint density at radius 2 is 1.69 bits per heavy atom. The van der Waals surface area contributed by atoms with Crippen LogP contribution in [0, 0.1) is 11.7 Å². The molecular weight excluding hydrogens is 632 g/mol. The zero-order chi connectivity index (χ0) is 34.8. The smallest absolute Gasteiger partial charge is 0.434 e. The molecule has 1 fully saturated rings. The Balaban J connectivity index is 1.64. The topological polar surface area (TPSA) is 128 Å². The van der Waals surface area contributed by atoms with Gasteiger partial charge in [0.15, 0.2) is 0 Å². The molecular formula is C34H36F4N6O4. The Morgan fingerprint density at radius 1 is 1.04 bits per heavy atom. The number of aliphatic imine (C=N–C) groups is 1. The van der Waals surface area contributed by atoms with Crippen molar-refractivity contribution in [2.45, 2.75) is 83.7 Å². The number of benzene rings is 2. The van der Waals surface area contributed by atoms with Crippen LogP contribution in [-0.4, -0.2) is 48.7 Å². The lowest BCUT2D eigenvalue weighted by Crippen LogP contribution is -2.44. The SMILES string of the molecule is CCCCC(c1ccc(C(F)(F)F)c(C(=O)N2Cc3nccnc3C2)c1)N1C(=O)[C@@](CCC(C)C)(c2ccc(F)cc2)N/C1=N\C(=O)O. The molecule has 2 aromatic carbocycles. The number of rotatable bonds is 10. The Morgan fingerprint density at radius 3 is 2.25 bits per heavy atom. The molecule has 3 aromatic rings. The van der Waals surface area contributed by atoms with Crippen molar-refractivity contribution >= 4 is 23.9 Å². The van der Waals surface area contributed by atoms with Crippen molar-refractivity contribution < 1.29 is 37.1 Å². The van der Waals surface area contributed by atoms with E-state index in [2.05, 4.69) is 20.3 Å². The fourth-order valence-corrected chi connectivity index (χ4v) is 6.24. The van der Waals surface area contributed by atoms with Crippen molar-refractivity contribution in [3.8, 4) is 0 Å². The number of aromatic nitrogens is 2. The summed E-state index contributed by atoms with van der Waals surface area (Å²) in [6.07, 6.45) is -1.50. The first-order chi connectivity index (χ1) is 22.7. The van der Waals surface area contributed by atoms with Crippen molar-refractivity contribution in [1.82, 2.24) is 25.1 Å². The van der Waals surface area contributed by atoms with E-state index in [1.165, 1.54) is 52.5 Å². The number of nitrogens with zero attached hydrogens (tertiary/aromatic N) is 5. The molecule has 1 saturated heterocycles. The van der Waals surface area contributed by atoms with Crippen molar-refractivity contribution in [1.29, 1.82) is 0 Å². The van der Waals surface area contributed by atoms with Crippen LogP contribution in [0.3, 0.4) is 0 Å². The first-order valence-corrected chi connectivity index (χ1v) is 15.7. The Kier molecular flexibility index (Phi) is 9.83. The number of nitrogens with one attached hydrogen (secondary N) is 1. The molecule has 1 aromatic heterocycles. The predicted molar refractivity (Wildman–Crippen MR) is 167 cm³/mol. The minimum atomic E-state index is -4.87. The molecule has 0 spiro atoms. The number of amides is 3. The third kappa shape index (κ3) is 6.87. The Hall–Kier alpha value is -4.88. The molecule has 3 heterocycles. The molecule has 3 amide bonds. The van der Waals surface area contributed by atoms with Crippen molar-refractivity contribution in [3.63, 3.8) is 0 Å². The number of halogens is 4. The molecule has 2 aliphatic heterocycles. The first kappa shape index (κ1) is 34.5. The van der Waals surface area contributed by atoms with Crippen LogP contribution < -0.4 is 5.32 Å². The summed E-state index contributed by atoms with van der Waals surface area (Å²) >= 11 is 0. The number of guanidine groups is 1. The predicted octanol–water partition coefficient (Wildman–Crippen LogP) is 6.82. The van der Waals surface area contributed by atoms with E-state index in [1.807, 2.05) is 20.8 Å². The highest BCUT2D eigenvalue weighted by Crippen LogP contribution is 2.42. The second-order valence-electron chi connectivity index (χ2n) is 12.4. The molecule has 254 valence electrons. The number of carbonyl (C=O) groups excluding carboxylic acids is 2. The fourth-order valence-electron chi connectivity index (χ4n) is 6.24. The minimum absolute atomic E-state index is 0.0250. The van der Waals surface area contributed by atoms with E-state index in [9.17, 15) is 37.1 Å². The summed E-state index contributed by atoms with van der Waals surface area (Å²) in [4.78, 5) is 54.9. The molecule has 2 N–H and O–H groups in total. The maximum Gasteiger partial charge on any atom is 0.434 e. The Labute approximate surface area is 274 Å². The van der Waals surface area contributed by atoms with Crippen LogP contribution >= 0.6 is 0 Å². The van der Waals surface area contributed by atoms with Gasteiger partial charge in [0.25, 0.3) is 11.8 Å². The van der Waals surface area contributed by atoms with Crippen molar-refractivity contribution in [2.24, 2.45) is 10.9 Å². The molecule has 1 unspecified atom stereocenters. The van der Waals surface area contributed by atoms with Gasteiger partial charge in [-0.15, -0.1) is 4.99 Å². The summed E-state index contributed by atoms with van der Waals surface area (Å²) in [7, 11) is 0. The molecule has 5 rings (SSSR count). The summed E-state index contributed by atoms with van der Waals surface area (Å²) in [5.74, 6) is -2.18. The zero-order valence-corrected chi connectivity index (χ0v) is 26.7. The second-order valence-corrected chi connectivity index (χ2v) is 12.4. The maximum atomic E-state index is 14.7. The highest BCUT2D eigenvalue weighted by molar-refractivity contribution is 6.11. The number of hydrogen-bond donors (Lipinski definition) is 2. The third-order valence-corrected chi connectivity index (χ3v) is 8.71. The zero-order valence-electron chi connectivity index (χ0n) is 26.7. The van der Waals surface area contributed by atoms with Gasteiger partial charge in [-0.2, -0.15) is 13.2 Å². The van der Waals surface area contributed by atoms with Crippen molar-refractivity contribution in [3.05, 3.63) is 94.3 Å². The number of hydrogen-bond acceptors (Lipinski definition) is 5. The van der Waals surface area contributed by atoms with Crippen LogP contribution in [0.5, 0.6) is 0 Å². The van der Waals surface area contributed by atoms with Crippen LogP contribution in [-0.2, 0) is 29.6 Å². The van der Waals surface area contributed by atoms with Crippen LogP contribution in [0.4, 0.5) is 22.4 Å². The quantitative estimate of drug-likeness (QED) is 0.227. The lowest BCUT2D eigenvalue weighted by Gasteiger charge is -2.31. The lowest BCUT2D eigenvalue weighted by atomic mass is 9.83. The van der Waals surface area contributed by atoms with Gasteiger partial charge in [-0.25, -0.2) is 9.18 Å². The van der Waals surface area contributed by atoms with Gasteiger partial charge in [0.1, 0.15) is 11.4 Å². The van der Waals surface area contributed by atoms with Gasteiger partial charge >= 0.3 is 12.3 Å². The van der Waals surface area contributed by atoms with E-state index < -0.39 is 52.6 Å². The number of unbranched alkanes of at least 4 members (excludes halogenated alkanes) is 1.